The van der Waals surface area contributed by atoms with Crippen LogP contribution >= 0.6 is 0 Å². The molecule has 1 aromatic carbocycles. The number of nitrogens with one attached hydrogen (secondary N) is 2. The number of nitrogens with zero attached hydrogens (tertiary/aromatic N) is 1. The van der Waals surface area contributed by atoms with Gasteiger partial charge in [-0.2, -0.15) is 0 Å². The van der Waals surface area contributed by atoms with E-state index in [1.54, 1.807) is 13.0 Å². The van der Waals surface area contributed by atoms with Crippen molar-refractivity contribution < 1.29 is 14.3 Å². The molecule has 0 unspecified atom stereocenters. The fourth-order valence-electron chi connectivity index (χ4n) is 3.42. The summed E-state index contributed by atoms with van der Waals surface area (Å²) in [6.07, 6.45) is 4.44. The molecule has 1 aromatic rings. The lowest BCUT2D eigenvalue weighted by atomic mass is 10.1. The molecule has 0 atom stereocenters. The third kappa shape index (κ3) is 4.24. The van der Waals surface area contributed by atoms with Gasteiger partial charge in [0.05, 0.1) is 6.61 Å². The van der Waals surface area contributed by atoms with Gasteiger partial charge in [0.1, 0.15) is 0 Å². The molecule has 0 aromatic heterocycles. The summed E-state index contributed by atoms with van der Waals surface area (Å²) in [6, 6.07) is 5.73. The van der Waals surface area contributed by atoms with E-state index in [9.17, 15) is 9.59 Å². The number of hydrogen-bond donors (Lipinski definition) is 2. The van der Waals surface area contributed by atoms with Gasteiger partial charge in [-0.25, -0.2) is 9.59 Å². The average molecular weight is 345 g/mol. The van der Waals surface area contributed by atoms with E-state index in [1.165, 1.54) is 25.7 Å². The molecule has 6 nitrogen and oxygen atoms in total. The number of carbonyl (C=O) groups is 2. The molecule has 2 aliphatic rings. The van der Waals surface area contributed by atoms with Crippen LogP contribution in [0.2, 0.25) is 0 Å². The first kappa shape index (κ1) is 17.6. The predicted molar refractivity (Wildman–Crippen MR) is 97.8 cm³/mol. The van der Waals surface area contributed by atoms with Crippen molar-refractivity contribution >= 4 is 23.5 Å². The highest BCUT2D eigenvalue weighted by Gasteiger charge is 2.45. The van der Waals surface area contributed by atoms with Crippen LogP contribution in [-0.2, 0) is 4.74 Å². The molecule has 136 valence electrons. The first-order chi connectivity index (χ1) is 12.0. The fraction of sp³-hybridized carbons (Fsp3) is 0.579. The zero-order chi connectivity index (χ0) is 18.0. The maximum Gasteiger partial charge on any atom is 0.411 e. The fourth-order valence-corrected chi connectivity index (χ4v) is 3.42. The standard InChI is InChI=1S/C19H27N3O3/c1-4-25-19(24)21-16-7-5-6-15(12(16)2)20-18(23)22(3)17(13-8-9-13)14-10-11-14/h5-7,13-14,17H,4,8-11H2,1-3H3,(H,20,23)(H,21,24). The molecule has 2 saturated carbocycles. The maximum absolute atomic E-state index is 12.7. The minimum Gasteiger partial charge on any atom is -0.450 e. The molecule has 0 saturated heterocycles. The Morgan fingerprint density at radius 3 is 2.24 bits per heavy atom. The Morgan fingerprint density at radius 2 is 1.72 bits per heavy atom. The second-order valence-electron chi connectivity index (χ2n) is 7.03. The minimum atomic E-state index is -0.492. The van der Waals surface area contributed by atoms with E-state index in [-0.39, 0.29) is 6.03 Å². The van der Waals surface area contributed by atoms with Crippen LogP contribution in [0, 0.1) is 18.8 Å². The van der Waals surface area contributed by atoms with E-state index < -0.39 is 6.09 Å². The highest BCUT2D eigenvalue weighted by atomic mass is 16.5. The first-order valence-electron chi connectivity index (χ1n) is 9.08. The van der Waals surface area contributed by atoms with Gasteiger partial charge in [0, 0.05) is 24.5 Å². The quantitative estimate of drug-likeness (QED) is 0.811. The van der Waals surface area contributed by atoms with Gasteiger partial charge in [-0.3, -0.25) is 5.32 Å². The molecule has 0 spiro atoms. The molecular formula is C19H27N3O3. The smallest absolute Gasteiger partial charge is 0.411 e. The first-order valence-corrected chi connectivity index (χ1v) is 9.08. The number of benzene rings is 1. The van der Waals surface area contributed by atoms with E-state index in [0.717, 1.165) is 5.56 Å². The van der Waals surface area contributed by atoms with Crippen molar-refractivity contribution in [3.63, 3.8) is 0 Å². The Balaban J connectivity index is 1.67. The third-order valence-corrected chi connectivity index (χ3v) is 5.07. The molecule has 2 aliphatic carbocycles. The number of carbonyl (C=O) groups excluding carboxylic acids is 2. The minimum absolute atomic E-state index is 0.0832. The Kier molecular flexibility index (Phi) is 5.16. The van der Waals surface area contributed by atoms with Gasteiger partial charge in [0.25, 0.3) is 0 Å². The molecule has 0 bridgehead atoms. The number of amides is 3. The summed E-state index contributed by atoms with van der Waals surface area (Å²) >= 11 is 0. The van der Waals surface area contributed by atoms with E-state index in [1.807, 2.05) is 31.0 Å². The molecule has 3 rings (SSSR count). The van der Waals surface area contributed by atoms with Gasteiger partial charge in [0.2, 0.25) is 0 Å². The van der Waals surface area contributed by atoms with Crippen LogP contribution in [0.3, 0.4) is 0 Å². The summed E-state index contributed by atoms with van der Waals surface area (Å²) < 4.78 is 4.91. The van der Waals surface area contributed by atoms with E-state index in [0.29, 0.717) is 35.9 Å². The summed E-state index contributed by atoms with van der Waals surface area (Å²) in [6.45, 7) is 3.95. The summed E-state index contributed by atoms with van der Waals surface area (Å²) in [5.41, 5.74) is 2.16. The highest BCUT2D eigenvalue weighted by molar-refractivity contribution is 5.93. The van der Waals surface area contributed by atoms with E-state index in [2.05, 4.69) is 10.6 Å². The normalized spacial score (nSPS) is 16.5. The number of ether oxygens (including phenoxy) is 1. The summed E-state index contributed by atoms with van der Waals surface area (Å²) in [4.78, 5) is 26.2. The molecular weight excluding hydrogens is 318 g/mol. The Bertz CT molecular complexity index is 641. The van der Waals surface area contributed by atoms with Crippen LogP contribution in [0.4, 0.5) is 21.0 Å². The maximum atomic E-state index is 12.7. The van der Waals surface area contributed by atoms with Crippen LogP contribution in [0.1, 0.15) is 38.2 Å². The third-order valence-electron chi connectivity index (χ3n) is 5.07. The van der Waals surface area contributed by atoms with Crippen LogP contribution in [0.25, 0.3) is 0 Å². The van der Waals surface area contributed by atoms with Gasteiger partial charge in [-0.1, -0.05) is 6.07 Å². The second kappa shape index (κ2) is 7.33. The Morgan fingerprint density at radius 1 is 1.16 bits per heavy atom. The van der Waals surface area contributed by atoms with Crippen LogP contribution in [-0.4, -0.2) is 36.7 Å². The molecule has 25 heavy (non-hydrogen) atoms. The topological polar surface area (TPSA) is 70.7 Å². The van der Waals surface area contributed by atoms with Gasteiger partial charge in [-0.05, 0) is 69.1 Å². The van der Waals surface area contributed by atoms with Crippen molar-refractivity contribution in [1.82, 2.24) is 4.90 Å². The highest BCUT2D eigenvalue weighted by Crippen LogP contribution is 2.47. The Hall–Kier alpha value is -2.24. The Labute approximate surface area is 148 Å². The molecule has 2 fully saturated rings. The summed E-state index contributed by atoms with van der Waals surface area (Å²) in [5, 5.41) is 5.70. The zero-order valence-corrected chi connectivity index (χ0v) is 15.2. The van der Waals surface area contributed by atoms with Gasteiger partial charge in [-0.15, -0.1) is 0 Å². The average Bonchev–Trinajstić information content (AvgIpc) is 3.46. The molecule has 0 heterocycles. The molecule has 0 radical (unpaired) electrons. The second-order valence-corrected chi connectivity index (χ2v) is 7.03. The molecule has 0 aliphatic heterocycles. The van der Waals surface area contributed by atoms with Gasteiger partial charge in [0.15, 0.2) is 0 Å². The number of rotatable bonds is 6. The lowest BCUT2D eigenvalue weighted by Gasteiger charge is -2.29. The lowest BCUT2D eigenvalue weighted by molar-refractivity contribution is 0.168. The van der Waals surface area contributed by atoms with E-state index in [4.69, 9.17) is 4.74 Å². The van der Waals surface area contributed by atoms with Crippen molar-refractivity contribution in [2.45, 2.75) is 45.6 Å². The van der Waals surface area contributed by atoms with Crippen LogP contribution in [0.15, 0.2) is 18.2 Å². The summed E-state index contributed by atoms with van der Waals surface area (Å²) in [5.74, 6) is 1.34. The van der Waals surface area contributed by atoms with E-state index >= 15 is 0 Å². The van der Waals surface area contributed by atoms with Crippen molar-refractivity contribution in [3.05, 3.63) is 23.8 Å². The number of anilines is 2. The van der Waals surface area contributed by atoms with Gasteiger partial charge >= 0.3 is 12.1 Å². The molecule has 2 N–H and O–H groups in total. The van der Waals surface area contributed by atoms with Crippen molar-refractivity contribution in [2.75, 3.05) is 24.3 Å². The largest absolute Gasteiger partial charge is 0.450 e. The van der Waals surface area contributed by atoms with Crippen LogP contribution < -0.4 is 10.6 Å². The number of hydrogen-bond acceptors (Lipinski definition) is 3. The monoisotopic (exact) mass is 345 g/mol. The van der Waals surface area contributed by atoms with Crippen molar-refractivity contribution in [3.8, 4) is 0 Å². The van der Waals surface area contributed by atoms with Crippen molar-refractivity contribution in [2.24, 2.45) is 11.8 Å². The number of urea groups is 1. The zero-order valence-electron chi connectivity index (χ0n) is 15.2. The molecule has 3 amide bonds. The SMILES string of the molecule is CCOC(=O)Nc1cccc(NC(=O)N(C)C(C2CC2)C2CC2)c1C. The predicted octanol–water partition coefficient (Wildman–Crippen LogP) is 4.22. The molecule has 6 heteroatoms. The van der Waals surface area contributed by atoms with Gasteiger partial charge < -0.3 is 15.0 Å². The lowest BCUT2D eigenvalue weighted by Crippen LogP contribution is -2.42. The van der Waals surface area contributed by atoms with Crippen molar-refractivity contribution in [1.29, 1.82) is 0 Å². The summed E-state index contributed by atoms with van der Waals surface area (Å²) in [7, 11) is 1.90. The van der Waals surface area contributed by atoms with Crippen LogP contribution in [0.5, 0.6) is 0 Å².